The number of fused-ring (bicyclic) bond motifs is 3. The van der Waals surface area contributed by atoms with Crippen LogP contribution >= 0.6 is 0 Å². The third-order valence-corrected chi connectivity index (χ3v) is 5.30. The molecule has 0 saturated carbocycles. The van der Waals surface area contributed by atoms with Crippen molar-refractivity contribution < 1.29 is 23.8 Å². The summed E-state index contributed by atoms with van der Waals surface area (Å²) in [4.78, 5) is 25.7. The number of likely N-dealkylation sites (N-methyl/N-ethyl adjacent to an activating group) is 1. The molecule has 0 aliphatic carbocycles. The molecule has 29 heavy (non-hydrogen) atoms. The number of rotatable bonds is 2. The molecule has 0 radical (unpaired) electrons. The Labute approximate surface area is 169 Å². The normalized spacial score (nSPS) is 21.5. The Morgan fingerprint density at radius 1 is 1.10 bits per heavy atom. The lowest BCUT2D eigenvalue weighted by Gasteiger charge is -2.30. The molecule has 2 aliphatic rings. The van der Waals surface area contributed by atoms with Crippen molar-refractivity contribution in [2.45, 2.75) is 6.04 Å². The number of benzene rings is 2. The zero-order valence-electron chi connectivity index (χ0n) is 16.3. The molecule has 2 aliphatic heterocycles. The Balaban J connectivity index is 0.000000755. The third kappa shape index (κ3) is 5.19. The average molecular weight is 400 g/mol. The second kappa shape index (κ2) is 9.62. The lowest BCUT2D eigenvalue weighted by atomic mass is 10.0. The van der Waals surface area contributed by atoms with E-state index in [-0.39, 0.29) is 24.2 Å². The Hall–Kier alpha value is -2.77. The SMILES string of the molecule is CN1C[C@H]2COC[C@@H]1CN(C(=O)c1cccc(-c3cccc(F)c3)c1)C2.O=CO. The van der Waals surface area contributed by atoms with Crippen molar-refractivity contribution in [3.8, 4) is 11.1 Å². The summed E-state index contributed by atoms with van der Waals surface area (Å²) in [5.74, 6) is 0.0981. The predicted octanol–water partition coefficient (Wildman–Crippen LogP) is 2.60. The van der Waals surface area contributed by atoms with Crippen LogP contribution in [0.3, 0.4) is 0 Å². The van der Waals surface area contributed by atoms with Gasteiger partial charge in [0.2, 0.25) is 0 Å². The van der Waals surface area contributed by atoms with Gasteiger partial charge < -0.3 is 14.7 Å². The molecule has 1 N–H and O–H groups in total. The van der Waals surface area contributed by atoms with Crippen LogP contribution < -0.4 is 0 Å². The number of nitrogens with zero attached hydrogens (tertiary/aromatic N) is 2. The molecule has 2 heterocycles. The fraction of sp³-hybridized carbons (Fsp3) is 0.364. The molecule has 4 rings (SSSR count). The maximum Gasteiger partial charge on any atom is 0.290 e. The highest BCUT2D eigenvalue weighted by molar-refractivity contribution is 5.95. The van der Waals surface area contributed by atoms with Gasteiger partial charge in [-0.3, -0.25) is 14.5 Å². The maximum absolute atomic E-state index is 13.5. The summed E-state index contributed by atoms with van der Waals surface area (Å²) < 4.78 is 19.3. The fourth-order valence-electron chi connectivity index (χ4n) is 3.90. The Bertz CT molecular complexity index is 860. The second-order valence-corrected chi connectivity index (χ2v) is 7.40. The number of carbonyl (C=O) groups is 2. The molecule has 0 spiro atoms. The summed E-state index contributed by atoms with van der Waals surface area (Å²) in [5.41, 5.74) is 2.28. The van der Waals surface area contributed by atoms with Crippen LogP contribution in [0.2, 0.25) is 0 Å². The molecule has 0 aromatic heterocycles. The summed E-state index contributed by atoms with van der Waals surface area (Å²) in [7, 11) is 2.10. The van der Waals surface area contributed by atoms with Gasteiger partial charge in [0, 0.05) is 31.1 Å². The Morgan fingerprint density at radius 3 is 2.52 bits per heavy atom. The molecule has 2 aromatic carbocycles. The minimum Gasteiger partial charge on any atom is -0.483 e. The van der Waals surface area contributed by atoms with Gasteiger partial charge in [-0.2, -0.15) is 0 Å². The largest absolute Gasteiger partial charge is 0.483 e. The molecule has 6 nitrogen and oxygen atoms in total. The first kappa shape index (κ1) is 21.0. The van der Waals surface area contributed by atoms with E-state index in [1.54, 1.807) is 6.07 Å². The first-order valence-electron chi connectivity index (χ1n) is 9.53. The molecule has 7 heteroatoms. The zero-order valence-corrected chi connectivity index (χ0v) is 16.3. The van der Waals surface area contributed by atoms with Gasteiger partial charge in [0.05, 0.1) is 19.3 Å². The number of amides is 1. The lowest BCUT2D eigenvalue weighted by molar-refractivity contribution is -0.122. The molecular formula is C22H25FN2O4. The van der Waals surface area contributed by atoms with E-state index in [1.807, 2.05) is 35.2 Å². The monoisotopic (exact) mass is 400 g/mol. The minimum atomic E-state index is -0.275. The van der Waals surface area contributed by atoms with Crippen LogP contribution in [0.25, 0.3) is 11.1 Å². The first-order chi connectivity index (χ1) is 14.0. The highest BCUT2D eigenvalue weighted by Gasteiger charge is 2.33. The van der Waals surface area contributed by atoms with Crippen molar-refractivity contribution >= 4 is 12.4 Å². The molecule has 1 amide bonds. The molecule has 0 unspecified atom stereocenters. The molecule has 2 atom stereocenters. The summed E-state index contributed by atoms with van der Waals surface area (Å²) in [6, 6.07) is 14.2. The van der Waals surface area contributed by atoms with Crippen molar-refractivity contribution in [1.82, 2.24) is 9.80 Å². The van der Waals surface area contributed by atoms with E-state index >= 15 is 0 Å². The summed E-state index contributed by atoms with van der Waals surface area (Å²) in [6.07, 6.45) is 0. The smallest absolute Gasteiger partial charge is 0.290 e. The van der Waals surface area contributed by atoms with Gasteiger partial charge in [-0.25, -0.2) is 4.39 Å². The quantitative estimate of drug-likeness (QED) is 0.785. The van der Waals surface area contributed by atoms with Crippen molar-refractivity contribution in [2.75, 3.05) is 39.9 Å². The van der Waals surface area contributed by atoms with Crippen LogP contribution in [0.1, 0.15) is 10.4 Å². The molecule has 154 valence electrons. The van der Waals surface area contributed by atoms with E-state index in [4.69, 9.17) is 14.6 Å². The van der Waals surface area contributed by atoms with Crippen LogP contribution in [0, 0.1) is 11.7 Å². The van der Waals surface area contributed by atoms with E-state index < -0.39 is 0 Å². The van der Waals surface area contributed by atoms with E-state index in [9.17, 15) is 9.18 Å². The highest BCUT2D eigenvalue weighted by Crippen LogP contribution is 2.24. The highest BCUT2D eigenvalue weighted by atomic mass is 19.1. The van der Waals surface area contributed by atoms with Crippen molar-refractivity contribution in [2.24, 2.45) is 5.92 Å². The maximum atomic E-state index is 13.5. The van der Waals surface area contributed by atoms with Crippen LogP contribution in [0.5, 0.6) is 0 Å². The predicted molar refractivity (Wildman–Crippen MR) is 107 cm³/mol. The van der Waals surface area contributed by atoms with E-state index in [2.05, 4.69) is 11.9 Å². The summed E-state index contributed by atoms with van der Waals surface area (Å²) in [6.45, 7) is 3.46. The van der Waals surface area contributed by atoms with E-state index in [1.165, 1.54) is 12.1 Å². The number of carboxylic acid groups (broad SMARTS) is 1. The van der Waals surface area contributed by atoms with Gasteiger partial charge in [0.1, 0.15) is 5.82 Å². The fourth-order valence-corrected chi connectivity index (χ4v) is 3.90. The van der Waals surface area contributed by atoms with Crippen molar-refractivity contribution in [3.63, 3.8) is 0 Å². The lowest BCUT2D eigenvalue weighted by Crippen LogP contribution is -2.44. The Morgan fingerprint density at radius 2 is 1.79 bits per heavy atom. The first-order valence-corrected chi connectivity index (χ1v) is 9.53. The number of halogens is 1. The Kier molecular flexibility index (Phi) is 6.95. The van der Waals surface area contributed by atoms with E-state index in [0.717, 1.165) is 17.7 Å². The van der Waals surface area contributed by atoms with Crippen LogP contribution in [-0.2, 0) is 9.53 Å². The number of ether oxygens (including phenoxy) is 1. The van der Waals surface area contributed by atoms with Crippen molar-refractivity contribution in [3.05, 3.63) is 59.9 Å². The molecule has 2 saturated heterocycles. The molecule has 2 fully saturated rings. The van der Waals surface area contributed by atoms with Gasteiger partial charge in [0.15, 0.2) is 0 Å². The van der Waals surface area contributed by atoms with Crippen LogP contribution in [0.15, 0.2) is 48.5 Å². The second-order valence-electron chi connectivity index (χ2n) is 7.40. The number of carbonyl (C=O) groups excluding carboxylic acids is 1. The van der Waals surface area contributed by atoms with Crippen LogP contribution in [-0.4, -0.2) is 73.2 Å². The number of hydrogen-bond acceptors (Lipinski definition) is 4. The van der Waals surface area contributed by atoms with Gasteiger partial charge in [-0.15, -0.1) is 0 Å². The summed E-state index contributed by atoms with van der Waals surface area (Å²) >= 11 is 0. The molecule has 2 bridgehead atoms. The van der Waals surface area contributed by atoms with Crippen LogP contribution in [0.4, 0.5) is 4.39 Å². The van der Waals surface area contributed by atoms with Gasteiger partial charge in [-0.1, -0.05) is 24.3 Å². The van der Waals surface area contributed by atoms with E-state index in [0.29, 0.717) is 37.8 Å². The molecule has 2 aromatic rings. The minimum absolute atomic E-state index is 0.0375. The average Bonchev–Trinajstić information content (AvgIpc) is 2.97. The zero-order chi connectivity index (χ0) is 20.8. The topological polar surface area (TPSA) is 70.1 Å². The van der Waals surface area contributed by atoms with Gasteiger partial charge in [0.25, 0.3) is 12.4 Å². The van der Waals surface area contributed by atoms with Gasteiger partial charge >= 0.3 is 0 Å². The van der Waals surface area contributed by atoms with Crippen molar-refractivity contribution in [1.29, 1.82) is 0 Å². The standard InChI is InChI=1S/C21H23FN2O2.CH2O2/c1-23-10-15-11-24(12-20(23)14-26-13-15)21(25)18-6-2-4-16(8-18)17-5-3-7-19(22)9-17;2-1-3/h2-9,15,20H,10-14H2,1H3;1H,(H,2,3)/t15-,20+;/m1./s1. The third-order valence-electron chi connectivity index (χ3n) is 5.30. The van der Waals surface area contributed by atoms with Gasteiger partial charge in [-0.05, 0) is 42.4 Å². The molecular weight excluding hydrogens is 375 g/mol. The number of hydrogen-bond donors (Lipinski definition) is 1. The summed E-state index contributed by atoms with van der Waals surface area (Å²) in [5, 5.41) is 6.89.